The summed E-state index contributed by atoms with van der Waals surface area (Å²) in [6.45, 7) is 5.72. The van der Waals surface area contributed by atoms with Gasteiger partial charge in [0.2, 0.25) is 0 Å². The molecule has 0 atom stereocenters. The van der Waals surface area contributed by atoms with E-state index in [9.17, 15) is 13.2 Å². The molecule has 23 heavy (non-hydrogen) atoms. The van der Waals surface area contributed by atoms with E-state index in [0.717, 1.165) is 49.6 Å². The van der Waals surface area contributed by atoms with Crippen molar-refractivity contribution in [3.63, 3.8) is 0 Å². The lowest BCUT2D eigenvalue weighted by Gasteiger charge is -2.39. The molecule has 3 nitrogen and oxygen atoms in total. The zero-order valence-corrected chi connectivity index (χ0v) is 13.1. The van der Waals surface area contributed by atoms with E-state index in [1.165, 1.54) is 0 Å². The van der Waals surface area contributed by atoms with E-state index in [-0.39, 0.29) is 0 Å². The van der Waals surface area contributed by atoms with Crippen LogP contribution in [0.2, 0.25) is 0 Å². The average Bonchev–Trinajstić information content (AvgIpc) is 2.92. The van der Waals surface area contributed by atoms with Gasteiger partial charge in [-0.15, -0.1) is 0 Å². The fourth-order valence-corrected chi connectivity index (χ4v) is 3.08. The quantitative estimate of drug-likeness (QED) is 0.838. The fourth-order valence-electron chi connectivity index (χ4n) is 3.08. The van der Waals surface area contributed by atoms with Crippen molar-refractivity contribution < 1.29 is 13.2 Å². The second-order valence-corrected chi connectivity index (χ2v) is 6.10. The summed E-state index contributed by atoms with van der Waals surface area (Å²) in [7, 11) is 0. The van der Waals surface area contributed by atoms with Gasteiger partial charge in [0, 0.05) is 50.9 Å². The minimum absolute atomic E-state index is 0.587. The first-order valence-corrected chi connectivity index (χ1v) is 7.84. The molecule has 1 aromatic heterocycles. The minimum Gasteiger partial charge on any atom is -0.335 e. The molecule has 1 fully saturated rings. The van der Waals surface area contributed by atoms with Crippen molar-refractivity contribution in [2.45, 2.75) is 32.6 Å². The summed E-state index contributed by atoms with van der Waals surface area (Å²) in [6.07, 6.45) is 0.506. The number of hydrogen-bond donors (Lipinski definition) is 0. The van der Waals surface area contributed by atoms with Crippen molar-refractivity contribution >= 4 is 0 Å². The minimum atomic E-state index is -4.26. The lowest BCUT2D eigenvalue weighted by atomic mass is 9.98. The molecule has 2 aromatic rings. The third-order valence-corrected chi connectivity index (χ3v) is 4.29. The van der Waals surface area contributed by atoms with Crippen molar-refractivity contribution in [1.82, 2.24) is 14.5 Å². The van der Waals surface area contributed by atoms with Crippen LogP contribution < -0.4 is 0 Å². The smallest absolute Gasteiger partial charge is 0.335 e. The molecule has 1 aromatic carbocycles. The van der Waals surface area contributed by atoms with Gasteiger partial charge >= 0.3 is 6.18 Å². The molecule has 1 aliphatic rings. The summed E-state index contributed by atoms with van der Waals surface area (Å²) >= 11 is 0. The molecule has 0 spiro atoms. The van der Waals surface area contributed by atoms with E-state index in [1.807, 2.05) is 12.4 Å². The monoisotopic (exact) mass is 323 g/mol. The maximum Gasteiger partial charge on any atom is 0.416 e. The number of likely N-dealkylation sites (tertiary alicyclic amines) is 1. The van der Waals surface area contributed by atoms with Gasteiger partial charge in [0.05, 0.1) is 5.56 Å². The van der Waals surface area contributed by atoms with Crippen molar-refractivity contribution in [3.05, 3.63) is 53.6 Å². The van der Waals surface area contributed by atoms with Gasteiger partial charge in [-0.2, -0.15) is 13.2 Å². The number of hydrogen-bond acceptors (Lipinski definition) is 2. The van der Waals surface area contributed by atoms with Gasteiger partial charge in [0.1, 0.15) is 5.82 Å². The zero-order chi connectivity index (χ0) is 16.4. The largest absolute Gasteiger partial charge is 0.416 e. The van der Waals surface area contributed by atoms with Gasteiger partial charge in [0.25, 0.3) is 0 Å². The summed E-state index contributed by atoms with van der Waals surface area (Å²) in [5.74, 6) is 1.69. The molecule has 0 aliphatic carbocycles. The molecule has 0 bridgehead atoms. The van der Waals surface area contributed by atoms with Crippen molar-refractivity contribution in [2.24, 2.45) is 5.92 Å². The van der Waals surface area contributed by atoms with Crippen LogP contribution in [0.5, 0.6) is 0 Å². The predicted octanol–water partition coefficient (Wildman–Crippen LogP) is 3.60. The molecule has 1 saturated heterocycles. The molecule has 3 rings (SSSR count). The Morgan fingerprint density at radius 3 is 2.48 bits per heavy atom. The van der Waals surface area contributed by atoms with Crippen LogP contribution in [0.25, 0.3) is 0 Å². The van der Waals surface area contributed by atoms with E-state index in [0.29, 0.717) is 12.5 Å². The highest BCUT2D eigenvalue weighted by Gasteiger charge is 2.30. The van der Waals surface area contributed by atoms with E-state index in [4.69, 9.17) is 0 Å². The molecular formula is C17H20F3N3. The Kier molecular flexibility index (Phi) is 4.43. The molecule has 0 amide bonds. The van der Waals surface area contributed by atoms with Crippen LogP contribution in [0, 0.1) is 5.92 Å². The Labute approximate surface area is 133 Å². The zero-order valence-electron chi connectivity index (χ0n) is 13.1. The van der Waals surface area contributed by atoms with Crippen LogP contribution in [0.15, 0.2) is 36.7 Å². The van der Waals surface area contributed by atoms with Gasteiger partial charge in [-0.25, -0.2) is 4.98 Å². The van der Waals surface area contributed by atoms with Crippen LogP contribution >= 0.6 is 0 Å². The van der Waals surface area contributed by atoms with Crippen LogP contribution in [0.3, 0.4) is 0 Å². The number of alkyl halides is 3. The lowest BCUT2D eigenvalue weighted by molar-refractivity contribution is -0.137. The highest BCUT2D eigenvalue weighted by atomic mass is 19.4. The van der Waals surface area contributed by atoms with Gasteiger partial charge in [-0.1, -0.05) is 19.1 Å². The molecule has 0 radical (unpaired) electrons. The summed E-state index contributed by atoms with van der Waals surface area (Å²) < 4.78 is 39.8. The molecule has 0 unspecified atom stereocenters. The summed E-state index contributed by atoms with van der Waals surface area (Å²) in [5, 5.41) is 0. The SMILES string of the molecule is CCc1nccn1CC1CN(Cc2ccc(C(F)(F)F)cc2)C1. The number of aromatic nitrogens is 2. The molecule has 6 heteroatoms. The fraction of sp³-hybridized carbons (Fsp3) is 0.471. The summed E-state index contributed by atoms with van der Waals surface area (Å²) in [6, 6.07) is 5.46. The molecular weight excluding hydrogens is 303 g/mol. The Balaban J connectivity index is 1.49. The normalized spacial score (nSPS) is 16.5. The third-order valence-electron chi connectivity index (χ3n) is 4.29. The van der Waals surface area contributed by atoms with Crippen LogP contribution in [-0.2, 0) is 25.7 Å². The number of halogens is 3. The Hall–Kier alpha value is -1.82. The molecule has 0 saturated carbocycles. The average molecular weight is 323 g/mol. The van der Waals surface area contributed by atoms with Gasteiger partial charge < -0.3 is 4.57 Å². The van der Waals surface area contributed by atoms with Crippen LogP contribution in [0.1, 0.15) is 23.9 Å². The van der Waals surface area contributed by atoms with Crippen molar-refractivity contribution in [3.8, 4) is 0 Å². The van der Waals surface area contributed by atoms with Gasteiger partial charge in [0.15, 0.2) is 0 Å². The first-order chi connectivity index (χ1) is 11.0. The highest BCUT2D eigenvalue weighted by Crippen LogP contribution is 2.29. The standard InChI is InChI=1S/C17H20F3N3/c1-2-16-21-7-8-23(16)12-14-10-22(11-14)9-13-3-5-15(6-4-13)17(18,19)20/h3-8,14H,2,9-12H2,1H3. The molecule has 1 aliphatic heterocycles. The number of nitrogens with zero attached hydrogens (tertiary/aromatic N) is 3. The van der Waals surface area contributed by atoms with E-state index >= 15 is 0 Å². The van der Waals surface area contributed by atoms with Gasteiger partial charge in [-0.05, 0) is 17.7 Å². The Bertz CT molecular complexity index is 640. The molecule has 0 N–H and O–H groups in total. The van der Waals surface area contributed by atoms with Crippen molar-refractivity contribution in [2.75, 3.05) is 13.1 Å². The Morgan fingerprint density at radius 1 is 1.17 bits per heavy atom. The summed E-state index contributed by atoms with van der Waals surface area (Å²) in [4.78, 5) is 6.58. The van der Waals surface area contributed by atoms with Crippen LogP contribution in [-0.4, -0.2) is 27.5 Å². The Morgan fingerprint density at radius 2 is 1.87 bits per heavy atom. The maximum atomic E-state index is 12.5. The second kappa shape index (κ2) is 6.35. The lowest BCUT2D eigenvalue weighted by Crippen LogP contribution is -2.47. The topological polar surface area (TPSA) is 21.1 Å². The number of benzene rings is 1. The predicted molar refractivity (Wildman–Crippen MR) is 81.8 cm³/mol. The third kappa shape index (κ3) is 3.75. The molecule has 124 valence electrons. The molecule has 2 heterocycles. The van der Waals surface area contributed by atoms with Crippen LogP contribution in [0.4, 0.5) is 13.2 Å². The van der Waals surface area contributed by atoms with E-state index in [1.54, 1.807) is 12.1 Å². The number of aryl methyl sites for hydroxylation is 1. The van der Waals surface area contributed by atoms with E-state index in [2.05, 4.69) is 21.4 Å². The first kappa shape index (κ1) is 16.1. The van der Waals surface area contributed by atoms with Crippen molar-refractivity contribution in [1.29, 1.82) is 0 Å². The van der Waals surface area contributed by atoms with Gasteiger partial charge in [-0.3, -0.25) is 4.90 Å². The summed E-state index contributed by atoms with van der Waals surface area (Å²) in [5.41, 5.74) is 0.336. The first-order valence-electron chi connectivity index (χ1n) is 7.84. The second-order valence-electron chi connectivity index (χ2n) is 6.10. The number of imidazole rings is 1. The number of rotatable bonds is 5. The maximum absolute atomic E-state index is 12.5. The highest BCUT2D eigenvalue weighted by molar-refractivity contribution is 5.24. The van der Waals surface area contributed by atoms with E-state index < -0.39 is 11.7 Å².